The lowest BCUT2D eigenvalue weighted by Gasteiger charge is -2.29. The van der Waals surface area contributed by atoms with Gasteiger partial charge in [-0.1, -0.05) is 30.8 Å². The molecule has 2 fully saturated rings. The van der Waals surface area contributed by atoms with Gasteiger partial charge in [0.05, 0.1) is 5.92 Å². The molecule has 0 aromatic carbocycles. The standard InChI is InChI=1S/C15H25N3O2S/c1-2-19-15(7-5-3-4-6-8-15)14-17-13(20-18-14)11-9-21-10-12(11)16/h11-12H,2-10,16H2,1H3. The molecule has 1 aromatic rings. The molecule has 21 heavy (non-hydrogen) atoms. The van der Waals surface area contributed by atoms with Crippen LogP contribution in [0.15, 0.2) is 4.52 Å². The van der Waals surface area contributed by atoms with Crippen LogP contribution in [0.1, 0.15) is 63.1 Å². The van der Waals surface area contributed by atoms with E-state index >= 15 is 0 Å². The molecule has 2 atom stereocenters. The Balaban J connectivity index is 1.84. The van der Waals surface area contributed by atoms with Crippen LogP contribution in [0, 0.1) is 0 Å². The number of ether oxygens (including phenoxy) is 1. The summed E-state index contributed by atoms with van der Waals surface area (Å²) in [7, 11) is 0. The maximum atomic E-state index is 6.14. The summed E-state index contributed by atoms with van der Waals surface area (Å²) in [6.07, 6.45) is 6.86. The minimum absolute atomic E-state index is 0.125. The quantitative estimate of drug-likeness (QED) is 0.862. The van der Waals surface area contributed by atoms with Crippen molar-refractivity contribution in [2.45, 2.75) is 63.0 Å². The van der Waals surface area contributed by atoms with Gasteiger partial charge in [-0.2, -0.15) is 16.7 Å². The molecule has 1 saturated heterocycles. The predicted molar refractivity (Wildman–Crippen MR) is 83.3 cm³/mol. The second kappa shape index (κ2) is 6.67. The maximum absolute atomic E-state index is 6.14. The highest BCUT2D eigenvalue weighted by Crippen LogP contribution is 2.39. The molecular formula is C15H25N3O2S. The van der Waals surface area contributed by atoms with Crippen molar-refractivity contribution in [2.24, 2.45) is 5.73 Å². The Labute approximate surface area is 130 Å². The van der Waals surface area contributed by atoms with E-state index in [2.05, 4.69) is 5.16 Å². The van der Waals surface area contributed by atoms with Crippen molar-refractivity contribution in [3.05, 3.63) is 11.7 Å². The Morgan fingerprint density at radius 1 is 1.29 bits per heavy atom. The highest BCUT2D eigenvalue weighted by Gasteiger charge is 2.40. The summed E-state index contributed by atoms with van der Waals surface area (Å²) < 4.78 is 11.7. The second-order valence-corrected chi connectivity index (χ2v) is 7.18. The van der Waals surface area contributed by atoms with Crippen LogP contribution in [0.4, 0.5) is 0 Å². The highest BCUT2D eigenvalue weighted by atomic mass is 32.2. The number of hydrogen-bond acceptors (Lipinski definition) is 6. The molecule has 6 heteroatoms. The fraction of sp³-hybridized carbons (Fsp3) is 0.867. The predicted octanol–water partition coefficient (Wildman–Crippen LogP) is 2.81. The third-order valence-electron chi connectivity index (χ3n) is 4.62. The molecule has 0 bridgehead atoms. The van der Waals surface area contributed by atoms with Gasteiger partial charge in [0.25, 0.3) is 0 Å². The van der Waals surface area contributed by atoms with Gasteiger partial charge in [-0.05, 0) is 19.8 Å². The molecule has 0 spiro atoms. The summed E-state index contributed by atoms with van der Waals surface area (Å²) >= 11 is 1.86. The fourth-order valence-corrected chi connectivity index (χ4v) is 4.69. The SMILES string of the molecule is CCOC1(c2noc(C3CSCC3N)n2)CCCCCC1. The average molecular weight is 311 g/mol. The van der Waals surface area contributed by atoms with E-state index in [4.69, 9.17) is 20.0 Å². The summed E-state index contributed by atoms with van der Waals surface area (Å²) in [5.41, 5.74) is 5.79. The number of thioether (sulfide) groups is 1. The van der Waals surface area contributed by atoms with Gasteiger partial charge in [0.1, 0.15) is 5.60 Å². The van der Waals surface area contributed by atoms with Crippen molar-refractivity contribution < 1.29 is 9.26 Å². The summed E-state index contributed by atoms with van der Waals surface area (Å²) in [4.78, 5) is 4.70. The van der Waals surface area contributed by atoms with E-state index in [-0.39, 0.29) is 17.6 Å². The third-order valence-corrected chi connectivity index (χ3v) is 5.84. The molecule has 5 nitrogen and oxygen atoms in total. The monoisotopic (exact) mass is 311 g/mol. The molecule has 0 amide bonds. The van der Waals surface area contributed by atoms with Gasteiger partial charge in [-0.25, -0.2) is 0 Å². The van der Waals surface area contributed by atoms with E-state index in [1.165, 1.54) is 25.7 Å². The Morgan fingerprint density at radius 3 is 2.67 bits per heavy atom. The average Bonchev–Trinajstić information content (AvgIpc) is 3.05. The van der Waals surface area contributed by atoms with Crippen LogP contribution in [-0.4, -0.2) is 34.3 Å². The van der Waals surface area contributed by atoms with Crippen LogP contribution in [0.25, 0.3) is 0 Å². The van der Waals surface area contributed by atoms with Gasteiger partial charge in [-0.3, -0.25) is 0 Å². The lowest BCUT2D eigenvalue weighted by atomic mass is 9.93. The van der Waals surface area contributed by atoms with Crippen molar-refractivity contribution in [3.63, 3.8) is 0 Å². The van der Waals surface area contributed by atoms with Crippen LogP contribution >= 0.6 is 11.8 Å². The van der Waals surface area contributed by atoms with E-state index < -0.39 is 0 Å². The molecule has 1 aliphatic carbocycles. The number of hydrogen-bond donors (Lipinski definition) is 1. The Hall–Kier alpha value is -0.590. The van der Waals surface area contributed by atoms with Crippen LogP contribution in [-0.2, 0) is 10.3 Å². The molecule has 1 aromatic heterocycles. The summed E-state index contributed by atoms with van der Waals surface area (Å²) in [5, 5.41) is 4.28. The van der Waals surface area contributed by atoms with Crippen LogP contribution in [0.2, 0.25) is 0 Å². The largest absolute Gasteiger partial charge is 0.367 e. The zero-order chi connectivity index (χ0) is 14.7. The zero-order valence-electron chi connectivity index (χ0n) is 12.7. The lowest BCUT2D eigenvalue weighted by molar-refractivity contribution is -0.0636. The van der Waals surface area contributed by atoms with E-state index in [1.54, 1.807) is 0 Å². The Morgan fingerprint density at radius 2 is 2.05 bits per heavy atom. The number of nitrogens with two attached hydrogens (primary N) is 1. The smallest absolute Gasteiger partial charge is 0.232 e. The normalized spacial score (nSPS) is 29.4. The Bertz CT molecular complexity index is 458. The first-order chi connectivity index (χ1) is 10.2. The van der Waals surface area contributed by atoms with Crippen molar-refractivity contribution >= 4 is 11.8 Å². The fourth-order valence-electron chi connectivity index (χ4n) is 3.40. The molecule has 1 saturated carbocycles. The summed E-state index contributed by atoms with van der Waals surface area (Å²) in [6, 6.07) is 0.125. The van der Waals surface area contributed by atoms with Gasteiger partial charge in [0.15, 0.2) is 0 Å². The van der Waals surface area contributed by atoms with E-state index in [0.29, 0.717) is 12.5 Å². The lowest BCUT2D eigenvalue weighted by Crippen LogP contribution is -2.31. The van der Waals surface area contributed by atoms with Crippen LogP contribution in [0.3, 0.4) is 0 Å². The highest BCUT2D eigenvalue weighted by molar-refractivity contribution is 7.99. The first kappa shape index (κ1) is 15.3. The molecule has 2 heterocycles. The molecule has 2 N–H and O–H groups in total. The molecule has 2 aliphatic rings. The van der Waals surface area contributed by atoms with Gasteiger partial charge < -0.3 is 15.0 Å². The van der Waals surface area contributed by atoms with Crippen LogP contribution < -0.4 is 5.73 Å². The third kappa shape index (κ3) is 3.12. The van der Waals surface area contributed by atoms with Crippen molar-refractivity contribution in [1.82, 2.24) is 10.1 Å². The summed E-state index contributed by atoms with van der Waals surface area (Å²) in [5.74, 6) is 3.58. The van der Waals surface area contributed by atoms with Crippen molar-refractivity contribution in [2.75, 3.05) is 18.1 Å². The van der Waals surface area contributed by atoms with Gasteiger partial charge in [0.2, 0.25) is 11.7 Å². The van der Waals surface area contributed by atoms with Gasteiger partial charge in [-0.15, -0.1) is 0 Å². The minimum Gasteiger partial charge on any atom is -0.367 e. The second-order valence-electron chi connectivity index (χ2n) is 6.11. The van der Waals surface area contributed by atoms with Crippen molar-refractivity contribution in [1.29, 1.82) is 0 Å². The molecule has 2 unspecified atom stereocenters. The van der Waals surface area contributed by atoms with Gasteiger partial charge >= 0.3 is 0 Å². The van der Waals surface area contributed by atoms with Crippen molar-refractivity contribution in [3.8, 4) is 0 Å². The first-order valence-corrected chi connectivity index (χ1v) is 9.22. The number of nitrogens with zero attached hydrogens (tertiary/aromatic N) is 2. The van der Waals surface area contributed by atoms with Crippen LogP contribution in [0.5, 0.6) is 0 Å². The first-order valence-electron chi connectivity index (χ1n) is 8.06. The molecule has 1 aliphatic heterocycles. The maximum Gasteiger partial charge on any atom is 0.232 e. The molecular weight excluding hydrogens is 286 g/mol. The van der Waals surface area contributed by atoms with Gasteiger partial charge in [0, 0.05) is 24.2 Å². The molecule has 118 valence electrons. The zero-order valence-corrected chi connectivity index (χ0v) is 13.5. The Kier molecular flexibility index (Phi) is 4.86. The number of rotatable bonds is 4. The van der Waals surface area contributed by atoms with E-state index in [9.17, 15) is 0 Å². The number of aromatic nitrogens is 2. The summed E-state index contributed by atoms with van der Waals surface area (Å²) in [6.45, 7) is 2.72. The minimum atomic E-state index is -0.344. The van der Waals surface area contributed by atoms with E-state index in [0.717, 1.165) is 30.2 Å². The molecule has 0 radical (unpaired) electrons. The van der Waals surface area contributed by atoms with E-state index in [1.807, 2.05) is 18.7 Å². The molecule has 3 rings (SSSR count). The topological polar surface area (TPSA) is 74.2 Å².